The Labute approximate surface area is 96.2 Å². The van der Waals surface area contributed by atoms with Crippen molar-refractivity contribution in [3.8, 4) is 0 Å². The second-order valence-corrected chi connectivity index (χ2v) is 4.39. The lowest BCUT2D eigenvalue weighted by molar-refractivity contribution is 0.514. The predicted octanol–water partition coefficient (Wildman–Crippen LogP) is 2.15. The molecule has 0 unspecified atom stereocenters. The number of aromatic nitrogens is 2. The standard InChI is InChI=1S/C8H6Br2N2O2/c9-1-2-12-7-6(14-8(12)13)3-5(10)4-11-7/h3-4H,1-2H2. The average Bonchev–Trinajstić information content (AvgIpc) is 2.43. The highest BCUT2D eigenvalue weighted by Crippen LogP contribution is 2.15. The van der Waals surface area contributed by atoms with Crippen LogP contribution in [0.15, 0.2) is 25.9 Å². The highest BCUT2D eigenvalue weighted by atomic mass is 79.9. The lowest BCUT2D eigenvalue weighted by Gasteiger charge is -1.95. The van der Waals surface area contributed by atoms with Crippen LogP contribution in [-0.2, 0) is 6.54 Å². The number of hydrogen-bond acceptors (Lipinski definition) is 3. The summed E-state index contributed by atoms with van der Waals surface area (Å²) >= 11 is 6.53. The molecule has 74 valence electrons. The summed E-state index contributed by atoms with van der Waals surface area (Å²) in [6.45, 7) is 0.556. The molecule has 0 bridgehead atoms. The third kappa shape index (κ3) is 1.64. The molecular formula is C8H6Br2N2O2. The first-order valence-electron chi connectivity index (χ1n) is 3.93. The van der Waals surface area contributed by atoms with Gasteiger partial charge in [0.05, 0.1) is 0 Å². The van der Waals surface area contributed by atoms with Crippen molar-refractivity contribution in [2.24, 2.45) is 0 Å². The molecule has 2 aromatic rings. The molecular weight excluding hydrogens is 316 g/mol. The Bertz CT molecular complexity index is 518. The van der Waals surface area contributed by atoms with Gasteiger partial charge in [0.1, 0.15) is 0 Å². The van der Waals surface area contributed by atoms with Crippen LogP contribution in [0, 0.1) is 0 Å². The molecule has 14 heavy (non-hydrogen) atoms. The van der Waals surface area contributed by atoms with Crippen LogP contribution in [0.25, 0.3) is 11.2 Å². The van der Waals surface area contributed by atoms with Gasteiger partial charge in [-0.2, -0.15) is 0 Å². The van der Waals surface area contributed by atoms with Crippen molar-refractivity contribution >= 4 is 43.1 Å². The van der Waals surface area contributed by atoms with Crippen LogP contribution in [0.2, 0.25) is 0 Å². The van der Waals surface area contributed by atoms with Crippen molar-refractivity contribution in [3.05, 3.63) is 27.3 Å². The van der Waals surface area contributed by atoms with Crippen molar-refractivity contribution in [1.29, 1.82) is 0 Å². The van der Waals surface area contributed by atoms with E-state index in [2.05, 4.69) is 36.8 Å². The zero-order chi connectivity index (χ0) is 10.1. The Morgan fingerprint density at radius 1 is 1.57 bits per heavy atom. The molecule has 6 heteroatoms. The Morgan fingerprint density at radius 2 is 2.36 bits per heavy atom. The van der Waals surface area contributed by atoms with E-state index in [1.54, 1.807) is 12.3 Å². The molecule has 2 heterocycles. The number of oxazole rings is 1. The topological polar surface area (TPSA) is 48.0 Å². The zero-order valence-electron chi connectivity index (χ0n) is 7.04. The van der Waals surface area contributed by atoms with Crippen LogP contribution in [0.4, 0.5) is 0 Å². The van der Waals surface area contributed by atoms with Gasteiger partial charge in [-0.3, -0.25) is 4.57 Å². The van der Waals surface area contributed by atoms with Gasteiger partial charge in [-0.15, -0.1) is 0 Å². The molecule has 2 rings (SSSR count). The number of alkyl halides is 1. The van der Waals surface area contributed by atoms with Gasteiger partial charge in [0.15, 0.2) is 11.2 Å². The molecule has 0 aliphatic rings. The maximum atomic E-state index is 11.4. The van der Waals surface area contributed by atoms with Gasteiger partial charge < -0.3 is 4.42 Å². The van der Waals surface area contributed by atoms with Crippen molar-refractivity contribution in [2.75, 3.05) is 5.33 Å². The Kier molecular flexibility index (Phi) is 2.73. The summed E-state index contributed by atoms with van der Waals surface area (Å²) < 4.78 is 7.32. The smallest absolute Gasteiger partial charge is 0.406 e. The van der Waals surface area contributed by atoms with Crippen LogP contribution in [0.3, 0.4) is 0 Å². The molecule has 0 aliphatic heterocycles. The first-order chi connectivity index (χ1) is 6.72. The van der Waals surface area contributed by atoms with Crippen molar-refractivity contribution in [1.82, 2.24) is 9.55 Å². The summed E-state index contributed by atoms with van der Waals surface area (Å²) in [4.78, 5) is 15.5. The Hall–Kier alpha value is -0.620. The second kappa shape index (κ2) is 3.86. The van der Waals surface area contributed by atoms with Gasteiger partial charge in [-0.1, -0.05) is 15.9 Å². The number of nitrogens with zero attached hydrogens (tertiary/aromatic N) is 2. The molecule has 0 saturated heterocycles. The van der Waals surface area contributed by atoms with Crippen LogP contribution in [0.1, 0.15) is 0 Å². The van der Waals surface area contributed by atoms with Gasteiger partial charge in [0, 0.05) is 28.6 Å². The molecule has 0 aromatic carbocycles. The second-order valence-electron chi connectivity index (χ2n) is 2.68. The highest BCUT2D eigenvalue weighted by Gasteiger charge is 2.09. The summed E-state index contributed by atoms with van der Waals surface area (Å²) in [6.07, 6.45) is 1.64. The van der Waals surface area contributed by atoms with Crippen LogP contribution < -0.4 is 5.76 Å². The fourth-order valence-corrected chi connectivity index (χ4v) is 1.87. The number of aryl methyl sites for hydroxylation is 1. The average molecular weight is 322 g/mol. The van der Waals surface area contributed by atoms with Crippen LogP contribution in [0.5, 0.6) is 0 Å². The van der Waals surface area contributed by atoms with E-state index in [4.69, 9.17) is 4.42 Å². The van der Waals surface area contributed by atoms with Gasteiger partial charge in [0.2, 0.25) is 0 Å². The quantitative estimate of drug-likeness (QED) is 0.796. The van der Waals surface area contributed by atoms with E-state index in [0.29, 0.717) is 23.1 Å². The number of fused-ring (bicyclic) bond motifs is 1. The summed E-state index contributed by atoms with van der Waals surface area (Å²) in [5.41, 5.74) is 1.09. The normalized spacial score (nSPS) is 11.0. The van der Waals surface area contributed by atoms with Crippen molar-refractivity contribution < 1.29 is 4.42 Å². The molecule has 4 nitrogen and oxygen atoms in total. The lowest BCUT2D eigenvalue weighted by atomic mass is 10.4. The Morgan fingerprint density at radius 3 is 3.07 bits per heavy atom. The molecule has 0 N–H and O–H groups in total. The van der Waals surface area contributed by atoms with Crippen molar-refractivity contribution in [3.63, 3.8) is 0 Å². The van der Waals surface area contributed by atoms with E-state index in [1.807, 2.05) is 0 Å². The summed E-state index contributed by atoms with van der Waals surface area (Å²) in [6, 6.07) is 1.73. The van der Waals surface area contributed by atoms with Gasteiger partial charge in [-0.25, -0.2) is 9.78 Å². The third-order valence-electron chi connectivity index (χ3n) is 1.78. The minimum absolute atomic E-state index is 0.370. The molecule has 0 atom stereocenters. The van der Waals surface area contributed by atoms with E-state index in [0.717, 1.165) is 4.47 Å². The number of halogens is 2. The van der Waals surface area contributed by atoms with E-state index in [9.17, 15) is 4.79 Å². The van der Waals surface area contributed by atoms with E-state index >= 15 is 0 Å². The van der Waals surface area contributed by atoms with Gasteiger partial charge in [0.25, 0.3) is 0 Å². The molecule has 0 spiro atoms. The van der Waals surface area contributed by atoms with Gasteiger partial charge >= 0.3 is 5.76 Å². The lowest BCUT2D eigenvalue weighted by Crippen LogP contribution is -2.15. The zero-order valence-corrected chi connectivity index (χ0v) is 10.2. The molecule has 2 aromatic heterocycles. The minimum Gasteiger partial charge on any atom is -0.406 e. The fraction of sp³-hybridized carbons (Fsp3) is 0.250. The third-order valence-corrected chi connectivity index (χ3v) is 2.57. The predicted molar refractivity (Wildman–Crippen MR) is 59.8 cm³/mol. The molecule has 0 saturated carbocycles. The van der Waals surface area contributed by atoms with Gasteiger partial charge in [-0.05, 0) is 15.9 Å². The van der Waals surface area contributed by atoms with Crippen molar-refractivity contribution in [2.45, 2.75) is 6.54 Å². The Balaban J connectivity index is 2.71. The van der Waals surface area contributed by atoms with Crippen LogP contribution >= 0.6 is 31.9 Å². The molecule has 0 amide bonds. The first kappa shape index (κ1) is 9.92. The molecule has 0 fully saturated rings. The summed E-state index contributed by atoms with van der Waals surface area (Å²) in [5, 5.41) is 0.694. The largest absolute Gasteiger partial charge is 0.421 e. The SMILES string of the molecule is O=c1oc2cc(Br)cnc2n1CCBr. The number of pyridine rings is 1. The first-order valence-corrected chi connectivity index (χ1v) is 5.84. The number of rotatable bonds is 2. The molecule has 0 aliphatic carbocycles. The van der Waals surface area contributed by atoms with E-state index in [1.165, 1.54) is 4.57 Å². The number of hydrogen-bond donors (Lipinski definition) is 0. The molecule has 0 radical (unpaired) electrons. The fourth-order valence-electron chi connectivity index (χ4n) is 1.21. The summed E-state index contributed by atoms with van der Waals surface area (Å²) in [5.74, 6) is -0.370. The maximum absolute atomic E-state index is 11.4. The maximum Gasteiger partial charge on any atom is 0.421 e. The van der Waals surface area contributed by atoms with E-state index in [-0.39, 0.29) is 5.76 Å². The minimum atomic E-state index is -0.370. The summed E-state index contributed by atoms with van der Waals surface area (Å²) in [7, 11) is 0. The highest BCUT2D eigenvalue weighted by molar-refractivity contribution is 9.10. The monoisotopic (exact) mass is 320 g/mol. The van der Waals surface area contributed by atoms with Crippen LogP contribution in [-0.4, -0.2) is 14.9 Å². The van der Waals surface area contributed by atoms with E-state index < -0.39 is 0 Å².